The van der Waals surface area contributed by atoms with Gasteiger partial charge in [-0.2, -0.15) is 0 Å². The Labute approximate surface area is 248 Å². The van der Waals surface area contributed by atoms with Gasteiger partial charge in [-0.05, 0) is 80.1 Å². The maximum atomic E-state index is 14.2. The van der Waals surface area contributed by atoms with E-state index in [1.54, 1.807) is 42.5 Å². The highest BCUT2D eigenvalue weighted by Crippen LogP contribution is 2.27. The Morgan fingerprint density at radius 3 is 2.24 bits per heavy atom. The quantitative estimate of drug-likeness (QED) is 0.294. The summed E-state index contributed by atoms with van der Waals surface area (Å²) in [6.07, 6.45) is 4.31. The lowest BCUT2D eigenvalue weighted by molar-refractivity contribution is -0.140. The van der Waals surface area contributed by atoms with Crippen molar-refractivity contribution in [3.8, 4) is 0 Å². The van der Waals surface area contributed by atoms with Crippen LogP contribution < -0.4 is 9.62 Å². The van der Waals surface area contributed by atoms with Gasteiger partial charge in [-0.1, -0.05) is 73.8 Å². The Hall–Kier alpha value is -3.36. The highest BCUT2D eigenvalue weighted by atomic mass is 35.5. The van der Waals surface area contributed by atoms with Crippen LogP contribution in [0.15, 0.2) is 77.7 Å². The van der Waals surface area contributed by atoms with Crippen molar-refractivity contribution in [3.05, 3.63) is 94.5 Å². The molecule has 0 saturated heterocycles. The molecule has 7 nitrogen and oxygen atoms in total. The lowest BCUT2D eigenvalue weighted by atomic mass is 10.1. The van der Waals surface area contributed by atoms with E-state index in [0.29, 0.717) is 22.7 Å². The van der Waals surface area contributed by atoms with Gasteiger partial charge in [0.05, 0.1) is 10.6 Å². The van der Waals surface area contributed by atoms with E-state index >= 15 is 0 Å². The van der Waals surface area contributed by atoms with Crippen molar-refractivity contribution in [2.75, 3.05) is 10.8 Å². The number of nitrogens with one attached hydrogen (secondary N) is 1. The zero-order valence-electron chi connectivity index (χ0n) is 23.8. The highest BCUT2D eigenvalue weighted by Gasteiger charge is 2.34. The van der Waals surface area contributed by atoms with Crippen LogP contribution >= 0.6 is 11.6 Å². The van der Waals surface area contributed by atoms with Crippen LogP contribution in [-0.4, -0.2) is 43.8 Å². The summed E-state index contributed by atoms with van der Waals surface area (Å²) < 4.78 is 29.1. The van der Waals surface area contributed by atoms with Gasteiger partial charge in [-0.15, -0.1) is 0 Å². The van der Waals surface area contributed by atoms with Crippen molar-refractivity contribution in [2.45, 2.75) is 76.4 Å². The zero-order valence-corrected chi connectivity index (χ0v) is 25.4. The minimum Gasteiger partial charge on any atom is -0.352 e. The average Bonchev–Trinajstić information content (AvgIpc) is 3.47. The Morgan fingerprint density at radius 2 is 1.61 bits per heavy atom. The molecular weight excluding hydrogens is 558 g/mol. The van der Waals surface area contributed by atoms with Crippen molar-refractivity contribution < 1.29 is 18.0 Å². The predicted molar refractivity (Wildman–Crippen MR) is 163 cm³/mol. The molecule has 1 aliphatic carbocycles. The van der Waals surface area contributed by atoms with Crippen LogP contribution in [0.3, 0.4) is 0 Å². The van der Waals surface area contributed by atoms with Gasteiger partial charge in [0.1, 0.15) is 12.6 Å². The van der Waals surface area contributed by atoms with Crippen molar-refractivity contribution in [1.82, 2.24) is 10.2 Å². The monoisotopic (exact) mass is 595 g/mol. The van der Waals surface area contributed by atoms with Crippen molar-refractivity contribution >= 4 is 39.1 Å². The van der Waals surface area contributed by atoms with E-state index in [1.165, 1.54) is 17.0 Å². The highest BCUT2D eigenvalue weighted by molar-refractivity contribution is 7.92. The molecule has 0 bridgehead atoms. The minimum absolute atomic E-state index is 0.0707. The number of sulfonamides is 1. The third-order valence-corrected chi connectivity index (χ3v) is 9.93. The molecular formula is C32H38ClN3O4S. The second-order valence-corrected chi connectivity index (χ2v) is 12.9. The summed E-state index contributed by atoms with van der Waals surface area (Å²) in [4.78, 5) is 29.3. The fourth-order valence-corrected chi connectivity index (χ4v) is 6.85. The second kappa shape index (κ2) is 13.5. The Kier molecular flexibility index (Phi) is 10.1. The van der Waals surface area contributed by atoms with Crippen LogP contribution in [-0.2, 0) is 26.2 Å². The Balaban J connectivity index is 1.73. The van der Waals surface area contributed by atoms with Crippen LogP contribution in [0.1, 0.15) is 55.7 Å². The number of hydrogen-bond donors (Lipinski definition) is 1. The molecule has 1 atom stereocenters. The second-order valence-electron chi connectivity index (χ2n) is 10.6. The van der Waals surface area contributed by atoms with Gasteiger partial charge in [0.25, 0.3) is 10.0 Å². The number of nitrogens with zero attached hydrogens (tertiary/aromatic N) is 2. The van der Waals surface area contributed by atoms with Gasteiger partial charge >= 0.3 is 0 Å². The molecule has 0 spiro atoms. The first-order valence-electron chi connectivity index (χ1n) is 14.1. The molecule has 3 aromatic rings. The molecule has 3 aromatic carbocycles. The number of rotatable bonds is 11. The summed E-state index contributed by atoms with van der Waals surface area (Å²) >= 11 is 6.48. The van der Waals surface area contributed by atoms with E-state index in [9.17, 15) is 18.0 Å². The van der Waals surface area contributed by atoms with Crippen molar-refractivity contribution in [1.29, 1.82) is 0 Å². The molecule has 1 N–H and O–H groups in total. The summed E-state index contributed by atoms with van der Waals surface area (Å²) in [6.45, 7) is 5.30. The van der Waals surface area contributed by atoms with E-state index in [1.807, 2.05) is 39.0 Å². The smallest absolute Gasteiger partial charge is 0.264 e. The van der Waals surface area contributed by atoms with Gasteiger partial charge in [0.15, 0.2) is 0 Å². The summed E-state index contributed by atoms with van der Waals surface area (Å²) in [6, 6.07) is 19.9. The standard InChI is InChI=1S/C32H38ClN3O4S/c1-4-30(32(38)34-26-13-9-10-14-26)35(21-25-12-8-11-17-29(25)33)31(37)22-36(27-19-18-23(2)24(3)20-27)41(39,40)28-15-6-5-7-16-28/h5-8,11-12,15-20,26,30H,4,9-10,13-14,21-22H2,1-3H3,(H,34,38)/t30-/m1/s1. The number of amides is 2. The summed E-state index contributed by atoms with van der Waals surface area (Å²) in [5.41, 5.74) is 2.97. The largest absolute Gasteiger partial charge is 0.352 e. The summed E-state index contributed by atoms with van der Waals surface area (Å²) in [7, 11) is -4.11. The van der Waals surface area contributed by atoms with E-state index in [2.05, 4.69) is 5.32 Å². The number of carbonyl (C=O) groups excluding carboxylic acids is 2. The third-order valence-electron chi connectivity index (χ3n) is 7.77. The fourth-order valence-electron chi connectivity index (χ4n) is 5.23. The molecule has 9 heteroatoms. The van der Waals surface area contributed by atoms with E-state index < -0.39 is 28.5 Å². The minimum atomic E-state index is -4.11. The molecule has 0 heterocycles. The Bertz CT molecular complexity index is 1470. The number of benzene rings is 3. The first-order chi connectivity index (χ1) is 19.6. The molecule has 0 unspecified atom stereocenters. The lowest BCUT2D eigenvalue weighted by Gasteiger charge is -2.34. The normalized spacial score (nSPS) is 14.4. The van der Waals surface area contributed by atoms with Crippen LogP contribution in [0.4, 0.5) is 5.69 Å². The topological polar surface area (TPSA) is 86.8 Å². The molecule has 0 aromatic heterocycles. The van der Waals surface area contributed by atoms with Gasteiger partial charge in [0.2, 0.25) is 11.8 Å². The number of hydrogen-bond acceptors (Lipinski definition) is 4. The molecule has 4 rings (SSSR count). The fraction of sp³-hybridized carbons (Fsp3) is 0.375. The SMILES string of the molecule is CC[C@H](C(=O)NC1CCCC1)N(Cc1ccccc1Cl)C(=O)CN(c1ccc(C)c(C)c1)S(=O)(=O)c1ccccc1. The molecule has 1 fully saturated rings. The first-order valence-corrected chi connectivity index (χ1v) is 15.9. The van der Waals surface area contributed by atoms with E-state index in [0.717, 1.165) is 41.1 Å². The van der Waals surface area contributed by atoms with Crippen LogP contribution in [0, 0.1) is 13.8 Å². The third kappa shape index (κ3) is 7.29. The molecule has 1 aliphatic rings. The average molecular weight is 596 g/mol. The lowest BCUT2D eigenvalue weighted by Crippen LogP contribution is -2.53. The number of anilines is 1. The predicted octanol–water partition coefficient (Wildman–Crippen LogP) is 6.02. The first kappa shape index (κ1) is 30.6. The molecule has 2 amide bonds. The molecule has 41 heavy (non-hydrogen) atoms. The van der Waals surface area contributed by atoms with Crippen molar-refractivity contribution in [2.24, 2.45) is 0 Å². The van der Waals surface area contributed by atoms with Gasteiger partial charge < -0.3 is 10.2 Å². The summed E-state index contributed by atoms with van der Waals surface area (Å²) in [5.74, 6) is -0.723. The zero-order chi connectivity index (χ0) is 29.6. The maximum absolute atomic E-state index is 14.2. The van der Waals surface area contributed by atoms with E-state index in [4.69, 9.17) is 11.6 Å². The number of halogens is 1. The van der Waals surface area contributed by atoms with Crippen LogP contribution in [0.5, 0.6) is 0 Å². The summed E-state index contributed by atoms with van der Waals surface area (Å²) in [5, 5.41) is 3.59. The molecule has 1 saturated carbocycles. The molecule has 0 radical (unpaired) electrons. The van der Waals surface area contributed by atoms with E-state index in [-0.39, 0.29) is 23.4 Å². The van der Waals surface area contributed by atoms with Crippen LogP contribution in [0.2, 0.25) is 5.02 Å². The van der Waals surface area contributed by atoms with Crippen molar-refractivity contribution in [3.63, 3.8) is 0 Å². The molecule has 0 aliphatic heterocycles. The van der Waals surface area contributed by atoms with Gasteiger partial charge in [-0.3, -0.25) is 13.9 Å². The molecule has 218 valence electrons. The van der Waals surface area contributed by atoms with Crippen LogP contribution in [0.25, 0.3) is 0 Å². The number of aryl methyl sites for hydroxylation is 2. The maximum Gasteiger partial charge on any atom is 0.264 e. The van der Waals surface area contributed by atoms with Gasteiger partial charge in [0, 0.05) is 17.6 Å². The van der Waals surface area contributed by atoms with Gasteiger partial charge in [-0.25, -0.2) is 8.42 Å². The number of carbonyl (C=O) groups is 2. The Morgan fingerprint density at radius 1 is 0.951 bits per heavy atom.